The molecule has 214 valence electrons. The van der Waals surface area contributed by atoms with Gasteiger partial charge in [-0.05, 0) is 53.8 Å². The van der Waals surface area contributed by atoms with Crippen LogP contribution in [-0.4, -0.2) is 68.9 Å². The van der Waals surface area contributed by atoms with E-state index in [2.05, 4.69) is 42.9 Å². The Morgan fingerprint density at radius 2 is 1.83 bits per heavy atom. The van der Waals surface area contributed by atoms with Gasteiger partial charge in [0.25, 0.3) is 0 Å². The molecule has 4 aromatic rings. The van der Waals surface area contributed by atoms with Crippen LogP contribution in [0, 0.1) is 11.8 Å². The van der Waals surface area contributed by atoms with Crippen LogP contribution in [0.15, 0.2) is 54.9 Å². The number of halogens is 3. The van der Waals surface area contributed by atoms with Gasteiger partial charge in [0.05, 0.1) is 11.8 Å². The zero-order valence-corrected chi connectivity index (χ0v) is 22.4. The van der Waals surface area contributed by atoms with E-state index >= 15 is 0 Å². The van der Waals surface area contributed by atoms with E-state index in [0.29, 0.717) is 47.1 Å². The van der Waals surface area contributed by atoms with Crippen molar-refractivity contribution in [1.82, 2.24) is 29.8 Å². The maximum absolute atomic E-state index is 13.9. The predicted octanol–water partition coefficient (Wildman–Crippen LogP) is 3.35. The quantitative estimate of drug-likeness (QED) is 0.181. The van der Waals surface area contributed by atoms with Gasteiger partial charge in [-0.2, -0.15) is 13.2 Å². The van der Waals surface area contributed by atoms with E-state index in [1.807, 2.05) is 17.0 Å². The Morgan fingerprint density at radius 1 is 0.976 bits per heavy atom. The summed E-state index contributed by atoms with van der Waals surface area (Å²) in [7, 11) is 0. The molecule has 0 spiro atoms. The molecule has 0 atom stereocenters. The molecule has 0 radical (unpaired) electrons. The molecule has 4 N–H and O–H groups in total. The first-order valence-corrected chi connectivity index (χ1v) is 13.4. The Bertz CT molecular complexity index is 1540. The highest BCUT2D eigenvalue weighted by Gasteiger charge is 2.34. The van der Waals surface area contributed by atoms with Gasteiger partial charge in [-0.25, -0.2) is 14.5 Å². The minimum atomic E-state index is -4.43. The van der Waals surface area contributed by atoms with Gasteiger partial charge >= 0.3 is 6.18 Å². The number of aliphatic hydroxyl groups is 1. The molecule has 4 heterocycles. The lowest BCUT2D eigenvalue weighted by Gasteiger charge is -2.28. The summed E-state index contributed by atoms with van der Waals surface area (Å²) in [6.07, 6.45) is -0.590. The SMILES string of the molecule is OCCCNc1ccc2ncc(C#Cc3ccnc(NCc4ccc(CN5CCNCC5)c(C(F)(F)F)c4)c3)n2n1. The number of aromatic nitrogens is 4. The summed E-state index contributed by atoms with van der Waals surface area (Å²) in [4.78, 5) is 10.7. The minimum absolute atomic E-state index is 0.0950. The van der Waals surface area contributed by atoms with Crippen LogP contribution >= 0.6 is 0 Å². The van der Waals surface area contributed by atoms with Crippen molar-refractivity contribution in [3.8, 4) is 11.8 Å². The first-order chi connectivity index (χ1) is 19.9. The molecule has 0 bridgehead atoms. The fourth-order valence-electron chi connectivity index (χ4n) is 4.53. The second kappa shape index (κ2) is 13.0. The lowest BCUT2D eigenvalue weighted by Crippen LogP contribution is -2.43. The minimum Gasteiger partial charge on any atom is -0.396 e. The van der Waals surface area contributed by atoms with Crippen LogP contribution in [0.1, 0.15) is 34.4 Å². The number of hydrogen-bond acceptors (Lipinski definition) is 8. The number of aliphatic hydroxyl groups excluding tert-OH is 1. The van der Waals surface area contributed by atoms with Crippen molar-refractivity contribution in [3.05, 3.63) is 82.8 Å². The second-order valence-electron chi connectivity index (χ2n) is 9.68. The third kappa shape index (κ3) is 7.52. The fourth-order valence-corrected chi connectivity index (χ4v) is 4.53. The van der Waals surface area contributed by atoms with Gasteiger partial charge in [0, 0.05) is 64.2 Å². The highest BCUT2D eigenvalue weighted by molar-refractivity contribution is 5.51. The molecule has 1 aromatic carbocycles. The number of rotatable bonds is 9. The summed E-state index contributed by atoms with van der Waals surface area (Å²) in [6.45, 7) is 4.15. The highest BCUT2D eigenvalue weighted by Crippen LogP contribution is 2.33. The van der Waals surface area contributed by atoms with Gasteiger partial charge < -0.3 is 21.1 Å². The Morgan fingerprint density at radius 3 is 2.63 bits per heavy atom. The van der Waals surface area contributed by atoms with Gasteiger partial charge in [0.15, 0.2) is 5.65 Å². The molecule has 41 heavy (non-hydrogen) atoms. The smallest absolute Gasteiger partial charge is 0.396 e. The maximum Gasteiger partial charge on any atom is 0.416 e. The van der Waals surface area contributed by atoms with E-state index in [4.69, 9.17) is 5.11 Å². The average molecular weight is 565 g/mol. The van der Waals surface area contributed by atoms with Crippen molar-refractivity contribution < 1.29 is 18.3 Å². The lowest BCUT2D eigenvalue weighted by molar-refractivity contribution is -0.138. The third-order valence-corrected chi connectivity index (χ3v) is 6.66. The first kappa shape index (κ1) is 28.4. The largest absolute Gasteiger partial charge is 0.416 e. The van der Waals surface area contributed by atoms with E-state index in [1.54, 1.807) is 41.2 Å². The van der Waals surface area contributed by atoms with Crippen molar-refractivity contribution in [1.29, 1.82) is 0 Å². The van der Waals surface area contributed by atoms with Crippen LogP contribution in [0.2, 0.25) is 0 Å². The third-order valence-electron chi connectivity index (χ3n) is 6.66. The van der Waals surface area contributed by atoms with Crippen molar-refractivity contribution in [2.45, 2.75) is 25.7 Å². The number of alkyl halides is 3. The van der Waals surface area contributed by atoms with E-state index in [-0.39, 0.29) is 25.3 Å². The molecule has 0 amide bonds. The lowest BCUT2D eigenvalue weighted by atomic mass is 10.0. The van der Waals surface area contributed by atoms with E-state index in [0.717, 1.165) is 26.2 Å². The molecule has 5 rings (SSSR count). The number of pyridine rings is 1. The van der Waals surface area contributed by atoms with Crippen molar-refractivity contribution in [3.63, 3.8) is 0 Å². The number of benzene rings is 1. The fraction of sp³-hybridized carbons (Fsp3) is 0.345. The maximum atomic E-state index is 13.9. The normalized spacial score (nSPS) is 14.0. The topological polar surface area (TPSA) is 103 Å². The number of imidazole rings is 1. The summed E-state index contributed by atoms with van der Waals surface area (Å²) in [5, 5.41) is 23.0. The van der Waals surface area contributed by atoms with Gasteiger partial charge in [0.1, 0.15) is 17.3 Å². The van der Waals surface area contributed by atoms with Gasteiger partial charge in [-0.3, -0.25) is 4.90 Å². The van der Waals surface area contributed by atoms with Gasteiger partial charge in [-0.15, -0.1) is 5.10 Å². The van der Waals surface area contributed by atoms with E-state index in [1.165, 1.54) is 6.07 Å². The summed E-state index contributed by atoms with van der Waals surface area (Å²) in [5.41, 5.74) is 2.12. The van der Waals surface area contributed by atoms with Gasteiger partial charge in [-0.1, -0.05) is 18.1 Å². The zero-order valence-electron chi connectivity index (χ0n) is 22.4. The molecular weight excluding hydrogens is 533 g/mol. The van der Waals surface area contributed by atoms with E-state index in [9.17, 15) is 13.2 Å². The summed E-state index contributed by atoms with van der Waals surface area (Å²) < 4.78 is 43.3. The van der Waals surface area contributed by atoms with Crippen LogP contribution in [0.25, 0.3) is 5.65 Å². The molecule has 12 heteroatoms. The molecular formula is C29H31F3N8O. The Hall–Kier alpha value is -4.18. The standard InChI is InChI=1S/C29H31F3N8O/c30-29(31,32)25-16-22(2-4-23(25)20-39-13-11-33-12-14-39)18-36-27-17-21(8-10-35-27)3-5-24-19-37-28-7-6-26(38-40(24)28)34-9-1-15-41/h2,4,6-8,10,16-17,19,33,41H,1,9,11-15,18,20H2,(H,34,38)(H,35,36). The summed E-state index contributed by atoms with van der Waals surface area (Å²) >= 11 is 0. The second-order valence-corrected chi connectivity index (χ2v) is 9.68. The molecule has 9 nitrogen and oxygen atoms in total. The molecule has 1 fully saturated rings. The zero-order chi connectivity index (χ0) is 28.7. The van der Waals surface area contributed by atoms with Crippen LogP contribution in [0.5, 0.6) is 0 Å². The van der Waals surface area contributed by atoms with Crippen LogP contribution in [0.4, 0.5) is 24.8 Å². The average Bonchev–Trinajstić information content (AvgIpc) is 3.38. The molecule has 1 aliphatic heterocycles. The number of anilines is 2. The van der Waals surface area contributed by atoms with Crippen LogP contribution in [-0.2, 0) is 19.3 Å². The Labute approximate surface area is 235 Å². The number of nitrogens with one attached hydrogen (secondary N) is 3. The van der Waals surface area contributed by atoms with Crippen molar-refractivity contribution >= 4 is 17.3 Å². The number of piperazine rings is 1. The number of fused-ring (bicyclic) bond motifs is 1. The van der Waals surface area contributed by atoms with Crippen molar-refractivity contribution in [2.75, 3.05) is 50.0 Å². The molecule has 1 aliphatic rings. The predicted molar refractivity (Wildman–Crippen MR) is 150 cm³/mol. The first-order valence-electron chi connectivity index (χ1n) is 13.4. The van der Waals surface area contributed by atoms with Crippen LogP contribution < -0.4 is 16.0 Å². The summed E-state index contributed by atoms with van der Waals surface area (Å²) in [6, 6.07) is 11.7. The monoisotopic (exact) mass is 564 g/mol. The molecule has 1 saturated heterocycles. The Kier molecular flexibility index (Phi) is 8.98. The molecule has 3 aromatic heterocycles. The number of hydrogen-bond donors (Lipinski definition) is 4. The van der Waals surface area contributed by atoms with Crippen molar-refractivity contribution in [2.24, 2.45) is 0 Å². The van der Waals surface area contributed by atoms with Crippen LogP contribution in [0.3, 0.4) is 0 Å². The summed E-state index contributed by atoms with van der Waals surface area (Å²) in [5.74, 6) is 7.31. The highest BCUT2D eigenvalue weighted by atomic mass is 19.4. The van der Waals surface area contributed by atoms with E-state index < -0.39 is 11.7 Å². The molecule has 0 aliphatic carbocycles. The molecule has 0 saturated carbocycles. The molecule has 0 unspecified atom stereocenters. The number of nitrogens with zero attached hydrogens (tertiary/aromatic N) is 5. The Balaban J connectivity index is 1.27. The van der Waals surface area contributed by atoms with Gasteiger partial charge in [0.2, 0.25) is 0 Å².